The van der Waals surface area contributed by atoms with Gasteiger partial charge in [-0.3, -0.25) is 0 Å². The zero-order valence-electron chi connectivity index (χ0n) is 9.12. The van der Waals surface area contributed by atoms with Crippen LogP contribution in [-0.2, 0) is 4.18 Å². The Kier molecular flexibility index (Phi) is 4.83. The molecular formula is C11H17NOS2. The normalized spacial score (nSPS) is 18.9. The van der Waals surface area contributed by atoms with Gasteiger partial charge in [-0.05, 0) is 37.2 Å². The number of thioether (sulfide) groups is 1. The molecule has 0 bridgehead atoms. The fourth-order valence-corrected chi connectivity index (χ4v) is 2.67. The van der Waals surface area contributed by atoms with E-state index in [4.69, 9.17) is 9.92 Å². The topological polar surface area (TPSA) is 35.2 Å². The molecule has 0 saturated carbocycles. The van der Waals surface area contributed by atoms with Gasteiger partial charge in [-0.25, -0.2) is 0 Å². The Bertz CT molecular complexity index is 319. The van der Waals surface area contributed by atoms with Gasteiger partial charge in [0.25, 0.3) is 0 Å². The van der Waals surface area contributed by atoms with Gasteiger partial charge in [0.05, 0.1) is 4.91 Å². The van der Waals surface area contributed by atoms with Gasteiger partial charge < -0.3 is 9.92 Å². The molecular weight excluding hydrogens is 226 g/mol. The van der Waals surface area contributed by atoms with Crippen molar-refractivity contribution in [2.45, 2.75) is 25.8 Å². The van der Waals surface area contributed by atoms with Crippen molar-refractivity contribution < 1.29 is 4.18 Å². The molecule has 0 aromatic rings. The molecule has 0 aromatic heterocycles. The number of hydrogen-bond acceptors (Lipinski definition) is 4. The molecule has 4 heteroatoms. The molecule has 1 aliphatic rings. The summed E-state index contributed by atoms with van der Waals surface area (Å²) in [6.07, 6.45) is 5.88. The van der Waals surface area contributed by atoms with Crippen LogP contribution >= 0.6 is 24.7 Å². The summed E-state index contributed by atoms with van der Waals surface area (Å²) in [4.78, 5) is 1.11. The molecule has 1 rings (SSSR count). The van der Waals surface area contributed by atoms with Gasteiger partial charge in [-0.15, -0.1) is 11.8 Å². The SMILES string of the molecule is C=C1CC=C(CC(C)N)C(SC)=C1OS. The van der Waals surface area contributed by atoms with E-state index in [9.17, 15) is 0 Å². The third kappa shape index (κ3) is 3.06. The predicted octanol–water partition coefficient (Wildman–Crippen LogP) is 3.05. The molecule has 0 amide bonds. The van der Waals surface area contributed by atoms with Gasteiger partial charge in [0.15, 0.2) is 5.76 Å². The van der Waals surface area contributed by atoms with Crippen LogP contribution in [0, 0.1) is 0 Å². The lowest BCUT2D eigenvalue weighted by Gasteiger charge is -2.21. The molecule has 0 spiro atoms. The first-order valence-electron chi connectivity index (χ1n) is 4.83. The summed E-state index contributed by atoms with van der Waals surface area (Å²) in [5.41, 5.74) is 8.03. The summed E-state index contributed by atoms with van der Waals surface area (Å²) in [5.74, 6) is 0.795. The van der Waals surface area contributed by atoms with Gasteiger partial charge in [0.2, 0.25) is 0 Å². The van der Waals surface area contributed by atoms with Gasteiger partial charge >= 0.3 is 0 Å². The van der Waals surface area contributed by atoms with Gasteiger partial charge in [0, 0.05) is 19.0 Å². The van der Waals surface area contributed by atoms with E-state index in [0.717, 1.165) is 29.1 Å². The molecule has 15 heavy (non-hydrogen) atoms. The van der Waals surface area contributed by atoms with Gasteiger partial charge in [-0.2, -0.15) is 0 Å². The maximum absolute atomic E-state index is 5.81. The molecule has 2 N–H and O–H groups in total. The highest BCUT2D eigenvalue weighted by atomic mass is 32.2. The van der Waals surface area contributed by atoms with Gasteiger partial charge in [0.1, 0.15) is 0 Å². The van der Waals surface area contributed by atoms with Crippen LogP contribution in [0.1, 0.15) is 19.8 Å². The van der Waals surface area contributed by atoms with E-state index < -0.39 is 0 Å². The molecule has 0 radical (unpaired) electrons. The fraction of sp³-hybridized carbons (Fsp3) is 0.455. The van der Waals surface area contributed by atoms with Crippen molar-refractivity contribution in [1.29, 1.82) is 0 Å². The summed E-state index contributed by atoms with van der Waals surface area (Å²) >= 11 is 5.53. The second-order valence-electron chi connectivity index (χ2n) is 3.67. The van der Waals surface area contributed by atoms with Crippen molar-refractivity contribution in [2.24, 2.45) is 5.73 Å². The molecule has 0 heterocycles. The number of hydrogen-bond donors (Lipinski definition) is 2. The molecule has 2 nitrogen and oxygen atoms in total. The Hall–Kier alpha value is -0.320. The predicted molar refractivity (Wildman–Crippen MR) is 70.7 cm³/mol. The van der Waals surface area contributed by atoms with E-state index in [-0.39, 0.29) is 6.04 Å². The van der Waals surface area contributed by atoms with Crippen LogP contribution in [-0.4, -0.2) is 12.3 Å². The minimum Gasteiger partial charge on any atom is -0.427 e. The average Bonchev–Trinajstić information content (AvgIpc) is 2.19. The second kappa shape index (κ2) is 5.68. The fourth-order valence-electron chi connectivity index (χ4n) is 1.59. The zero-order chi connectivity index (χ0) is 11.4. The summed E-state index contributed by atoms with van der Waals surface area (Å²) in [6.45, 7) is 5.96. The molecule has 0 aliphatic heterocycles. The van der Waals surface area contributed by atoms with Crippen LogP contribution in [0.25, 0.3) is 0 Å². The smallest absolute Gasteiger partial charge is 0.153 e. The average molecular weight is 243 g/mol. The first-order chi connectivity index (χ1) is 7.10. The van der Waals surface area contributed by atoms with Crippen LogP contribution in [0.15, 0.2) is 34.5 Å². The van der Waals surface area contributed by atoms with E-state index in [1.807, 2.05) is 13.2 Å². The van der Waals surface area contributed by atoms with Gasteiger partial charge in [-0.1, -0.05) is 12.7 Å². The van der Waals surface area contributed by atoms with Crippen molar-refractivity contribution in [3.05, 3.63) is 34.5 Å². The lowest BCUT2D eigenvalue weighted by molar-refractivity contribution is 0.512. The Morgan fingerprint density at radius 2 is 2.40 bits per heavy atom. The Morgan fingerprint density at radius 3 is 2.87 bits per heavy atom. The lowest BCUT2D eigenvalue weighted by atomic mass is 9.97. The zero-order valence-corrected chi connectivity index (χ0v) is 10.8. The third-order valence-corrected chi connectivity index (χ3v) is 3.29. The summed E-state index contributed by atoms with van der Waals surface area (Å²) in [6, 6.07) is 0.158. The molecule has 84 valence electrons. The highest BCUT2D eigenvalue weighted by Gasteiger charge is 2.19. The maximum Gasteiger partial charge on any atom is 0.153 e. The molecule has 0 aromatic carbocycles. The van der Waals surface area contributed by atoms with Crippen LogP contribution in [0.3, 0.4) is 0 Å². The molecule has 1 unspecified atom stereocenters. The number of nitrogens with two attached hydrogens (primary N) is 1. The third-order valence-electron chi connectivity index (χ3n) is 2.25. The van der Waals surface area contributed by atoms with Crippen molar-refractivity contribution in [2.75, 3.05) is 6.26 Å². The highest BCUT2D eigenvalue weighted by molar-refractivity contribution is 8.02. The number of thiol groups is 1. The Balaban J connectivity index is 2.99. The van der Waals surface area contributed by atoms with Crippen LogP contribution in [0.2, 0.25) is 0 Å². The van der Waals surface area contributed by atoms with E-state index in [0.29, 0.717) is 0 Å². The minimum absolute atomic E-state index is 0.158. The summed E-state index contributed by atoms with van der Waals surface area (Å²) in [7, 11) is 0. The first kappa shape index (κ1) is 12.7. The van der Waals surface area contributed by atoms with Crippen molar-refractivity contribution in [3.8, 4) is 0 Å². The van der Waals surface area contributed by atoms with E-state index in [1.54, 1.807) is 11.8 Å². The Morgan fingerprint density at radius 1 is 1.73 bits per heavy atom. The number of rotatable bonds is 4. The minimum atomic E-state index is 0.158. The van der Waals surface area contributed by atoms with E-state index in [2.05, 4.69) is 25.6 Å². The second-order valence-corrected chi connectivity index (χ2v) is 4.67. The standard InChI is InChI=1S/C11H17NOS2/c1-7-4-5-9(6-8(2)12)11(15-3)10(7)13-14/h5,8,14H,1,4,6,12H2,2-3H3. The maximum atomic E-state index is 5.81. The van der Waals surface area contributed by atoms with Crippen LogP contribution in [0.5, 0.6) is 0 Å². The molecule has 0 fully saturated rings. The quantitative estimate of drug-likeness (QED) is 0.588. The first-order valence-corrected chi connectivity index (χ1v) is 6.42. The van der Waals surface area contributed by atoms with E-state index in [1.165, 1.54) is 5.57 Å². The number of allylic oxidation sites excluding steroid dienone is 3. The van der Waals surface area contributed by atoms with Crippen LogP contribution < -0.4 is 5.73 Å². The lowest BCUT2D eigenvalue weighted by Crippen LogP contribution is -2.17. The molecule has 1 aliphatic carbocycles. The van der Waals surface area contributed by atoms with Crippen molar-refractivity contribution in [1.82, 2.24) is 0 Å². The van der Waals surface area contributed by atoms with E-state index >= 15 is 0 Å². The molecule has 0 saturated heterocycles. The molecule has 1 atom stereocenters. The summed E-state index contributed by atoms with van der Waals surface area (Å²) < 4.78 is 5.09. The monoisotopic (exact) mass is 243 g/mol. The van der Waals surface area contributed by atoms with Crippen molar-refractivity contribution in [3.63, 3.8) is 0 Å². The van der Waals surface area contributed by atoms with Crippen molar-refractivity contribution >= 4 is 24.7 Å². The van der Waals surface area contributed by atoms with Crippen LogP contribution in [0.4, 0.5) is 0 Å². The largest absolute Gasteiger partial charge is 0.427 e. The Labute approximate surface area is 101 Å². The highest BCUT2D eigenvalue weighted by Crippen LogP contribution is 2.37. The summed E-state index contributed by atoms with van der Waals surface area (Å²) in [5, 5.41) is 0.